The average molecular weight is 382 g/mol. The first kappa shape index (κ1) is 19.9. The lowest BCUT2D eigenvalue weighted by Crippen LogP contribution is -2.40. The summed E-state index contributed by atoms with van der Waals surface area (Å²) in [6.07, 6.45) is 0.00668. The average Bonchev–Trinajstić information content (AvgIpc) is 3.08. The van der Waals surface area contributed by atoms with Gasteiger partial charge < -0.3 is 20.1 Å². The van der Waals surface area contributed by atoms with Crippen LogP contribution in [0.4, 0.5) is 0 Å². The number of rotatable bonds is 6. The first-order chi connectivity index (χ1) is 13.5. The molecule has 2 aromatic carbocycles. The van der Waals surface area contributed by atoms with Crippen molar-refractivity contribution in [3.63, 3.8) is 0 Å². The van der Waals surface area contributed by atoms with Crippen molar-refractivity contribution in [3.8, 4) is 5.75 Å². The fraction of sp³-hybridized carbons (Fsp3) is 0.364. The van der Waals surface area contributed by atoms with E-state index in [1.54, 1.807) is 36.2 Å². The number of hydrogen-bond donors (Lipinski definition) is 2. The van der Waals surface area contributed by atoms with Crippen LogP contribution in [-0.4, -0.2) is 48.1 Å². The Labute approximate surface area is 165 Å². The zero-order chi connectivity index (χ0) is 20.1. The van der Waals surface area contributed by atoms with Crippen LogP contribution < -0.4 is 10.1 Å². The summed E-state index contributed by atoms with van der Waals surface area (Å²) in [7, 11) is 3.27. The van der Waals surface area contributed by atoms with Crippen LogP contribution in [0.2, 0.25) is 0 Å². The zero-order valence-electron chi connectivity index (χ0n) is 16.2. The SMILES string of the molecule is COc1ccccc1C(=O)N[C@H]1C[C@H](C(=O)N(C)Cc2ccccc2)C[C@@H]1O. The van der Waals surface area contributed by atoms with Gasteiger partial charge in [0.05, 0.1) is 24.8 Å². The molecular weight excluding hydrogens is 356 g/mol. The van der Waals surface area contributed by atoms with Crippen molar-refractivity contribution in [1.82, 2.24) is 10.2 Å². The molecule has 1 saturated carbocycles. The van der Waals surface area contributed by atoms with Crippen LogP contribution in [0.3, 0.4) is 0 Å². The largest absolute Gasteiger partial charge is 0.496 e. The van der Waals surface area contributed by atoms with Crippen molar-refractivity contribution in [1.29, 1.82) is 0 Å². The first-order valence-electron chi connectivity index (χ1n) is 9.40. The number of ether oxygens (including phenoxy) is 1. The Kier molecular flexibility index (Phi) is 6.31. The summed E-state index contributed by atoms with van der Waals surface area (Å²) in [6, 6.07) is 16.2. The molecule has 0 aromatic heterocycles. The molecule has 0 heterocycles. The van der Waals surface area contributed by atoms with Crippen LogP contribution in [0.15, 0.2) is 54.6 Å². The molecule has 6 nitrogen and oxygen atoms in total. The van der Waals surface area contributed by atoms with E-state index >= 15 is 0 Å². The van der Waals surface area contributed by atoms with E-state index in [4.69, 9.17) is 4.74 Å². The van der Waals surface area contributed by atoms with Crippen LogP contribution in [0.1, 0.15) is 28.8 Å². The van der Waals surface area contributed by atoms with Gasteiger partial charge in [-0.1, -0.05) is 42.5 Å². The maximum atomic E-state index is 12.8. The highest BCUT2D eigenvalue weighted by molar-refractivity contribution is 5.97. The van der Waals surface area contributed by atoms with Gasteiger partial charge in [0.25, 0.3) is 5.91 Å². The number of para-hydroxylation sites is 1. The molecule has 2 N–H and O–H groups in total. The summed E-state index contributed by atoms with van der Waals surface area (Å²) in [5, 5.41) is 13.2. The van der Waals surface area contributed by atoms with E-state index < -0.39 is 12.1 Å². The molecule has 28 heavy (non-hydrogen) atoms. The maximum Gasteiger partial charge on any atom is 0.255 e. The van der Waals surface area contributed by atoms with Crippen LogP contribution in [0.25, 0.3) is 0 Å². The molecule has 0 radical (unpaired) electrons. The highest BCUT2D eigenvalue weighted by atomic mass is 16.5. The van der Waals surface area contributed by atoms with Gasteiger partial charge in [-0.25, -0.2) is 0 Å². The Morgan fingerprint density at radius 1 is 1.11 bits per heavy atom. The lowest BCUT2D eigenvalue weighted by atomic mass is 10.1. The molecule has 6 heteroatoms. The second kappa shape index (κ2) is 8.89. The molecule has 0 spiro atoms. The molecule has 0 saturated heterocycles. The minimum Gasteiger partial charge on any atom is -0.496 e. The lowest BCUT2D eigenvalue weighted by molar-refractivity contribution is -0.134. The minimum absolute atomic E-state index is 0.0167. The number of hydrogen-bond acceptors (Lipinski definition) is 4. The topological polar surface area (TPSA) is 78.9 Å². The second-order valence-electron chi connectivity index (χ2n) is 7.20. The van der Waals surface area contributed by atoms with Crippen molar-refractivity contribution in [2.45, 2.75) is 31.5 Å². The van der Waals surface area contributed by atoms with Crippen molar-refractivity contribution < 1.29 is 19.4 Å². The number of aliphatic hydroxyl groups is 1. The van der Waals surface area contributed by atoms with Gasteiger partial charge in [0.2, 0.25) is 5.91 Å². The summed E-state index contributed by atoms with van der Waals surface area (Å²) in [5.41, 5.74) is 1.46. The number of benzene rings is 2. The van der Waals surface area contributed by atoms with E-state index in [1.807, 2.05) is 30.3 Å². The van der Waals surface area contributed by atoms with Crippen molar-refractivity contribution in [3.05, 3.63) is 65.7 Å². The third-order valence-corrected chi connectivity index (χ3v) is 5.19. The van der Waals surface area contributed by atoms with Crippen LogP contribution in [0, 0.1) is 5.92 Å². The number of nitrogens with zero attached hydrogens (tertiary/aromatic N) is 1. The zero-order valence-corrected chi connectivity index (χ0v) is 16.2. The molecule has 2 amide bonds. The summed E-state index contributed by atoms with van der Waals surface area (Å²) in [5.74, 6) is -0.168. The normalized spacial score (nSPS) is 21.2. The maximum absolute atomic E-state index is 12.8. The molecule has 148 valence electrons. The van der Waals surface area contributed by atoms with Gasteiger partial charge in [-0.15, -0.1) is 0 Å². The number of methoxy groups -OCH3 is 1. The van der Waals surface area contributed by atoms with Gasteiger partial charge in [-0.3, -0.25) is 9.59 Å². The quantitative estimate of drug-likeness (QED) is 0.803. The van der Waals surface area contributed by atoms with Gasteiger partial charge >= 0.3 is 0 Å². The van der Waals surface area contributed by atoms with E-state index in [-0.39, 0.29) is 17.7 Å². The van der Waals surface area contributed by atoms with Gasteiger partial charge in [0.15, 0.2) is 0 Å². The molecule has 1 fully saturated rings. The van der Waals surface area contributed by atoms with Gasteiger partial charge in [0.1, 0.15) is 5.75 Å². The number of amides is 2. The Bertz CT molecular complexity index is 824. The van der Waals surface area contributed by atoms with E-state index in [0.29, 0.717) is 30.7 Å². The number of carbonyl (C=O) groups is 2. The molecule has 0 aliphatic heterocycles. The summed E-state index contributed by atoms with van der Waals surface area (Å²) in [4.78, 5) is 27.0. The summed E-state index contributed by atoms with van der Waals surface area (Å²) >= 11 is 0. The van der Waals surface area contributed by atoms with Crippen LogP contribution in [0.5, 0.6) is 5.75 Å². The highest BCUT2D eigenvalue weighted by Gasteiger charge is 2.39. The van der Waals surface area contributed by atoms with Crippen LogP contribution >= 0.6 is 0 Å². The molecule has 1 aliphatic carbocycles. The predicted octanol–water partition coefficient (Wildman–Crippen LogP) is 2.22. The third-order valence-electron chi connectivity index (χ3n) is 5.19. The number of aliphatic hydroxyl groups excluding tert-OH is 1. The molecule has 2 aromatic rings. The van der Waals surface area contributed by atoms with Crippen LogP contribution in [-0.2, 0) is 11.3 Å². The highest BCUT2D eigenvalue weighted by Crippen LogP contribution is 2.29. The standard InChI is InChI=1S/C22H26N2O4/c1-24(14-15-8-4-3-5-9-15)22(27)16-12-18(19(25)13-16)23-21(26)17-10-6-7-11-20(17)28-2/h3-11,16,18-19,25H,12-14H2,1-2H3,(H,23,26)/t16-,18-,19-/m0/s1. The molecule has 3 atom stereocenters. The Morgan fingerprint density at radius 2 is 1.79 bits per heavy atom. The Balaban J connectivity index is 1.60. The van der Waals surface area contributed by atoms with Crippen molar-refractivity contribution in [2.24, 2.45) is 5.92 Å². The smallest absolute Gasteiger partial charge is 0.255 e. The van der Waals surface area contributed by atoms with E-state index in [1.165, 1.54) is 7.11 Å². The molecule has 0 unspecified atom stereocenters. The molecule has 3 rings (SSSR count). The van der Waals surface area contributed by atoms with E-state index in [9.17, 15) is 14.7 Å². The Hall–Kier alpha value is -2.86. The first-order valence-corrected chi connectivity index (χ1v) is 9.40. The summed E-state index contributed by atoms with van der Waals surface area (Å²) < 4.78 is 5.22. The monoisotopic (exact) mass is 382 g/mol. The fourth-order valence-corrected chi connectivity index (χ4v) is 3.70. The van der Waals surface area contributed by atoms with Gasteiger partial charge in [-0.05, 0) is 30.5 Å². The van der Waals surface area contributed by atoms with Crippen molar-refractivity contribution >= 4 is 11.8 Å². The van der Waals surface area contributed by atoms with Crippen molar-refractivity contribution in [2.75, 3.05) is 14.2 Å². The minimum atomic E-state index is -0.752. The van der Waals surface area contributed by atoms with E-state index in [0.717, 1.165) is 5.56 Å². The lowest BCUT2D eigenvalue weighted by Gasteiger charge is -2.21. The Morgan fingerprint density at radius 3 is 2.50 bits per heavy atom. The molecule has 0 bridgehead atoms. The van der Waals surface area contributed by atoms with Gasteiger partial charge in [-0.2, -0.15) is 0 Å². The fourth-order valence-electron chi connectivity index (χ4n) is 3.70. The number of carbonyl (C=O) groups excluding carboxylic acids is 2. The second-order valence-corrected chi connectivity index (χ2v) is 7.20. The third kappa shape index (κ3) is 4.51. The predicted molar refractivity (Wildman–Crippen MR) is 106 cm³/mol. The summed E-state index contributed by atoms with van der Waals surface area (Å²) in [6.45, 7) is 0.518. The number of nitrogens with one attached hydrogen (secondary N) is 1. The van der Waals surface area contributed by atoms with E-state index in [2.05, 4.69) is 5.32 Å². The molecule has 1 aliphatic rings. The van der Waals surface area contributed by atoms with Gasteiger partial charge in [0, 0.05) is 19.5 Å². The molecular formula is C22H26N2O4.